The van der Waals surface area contributed by atoms with Crippen LogP contribution in [0.1, 0.15) is 45.7 Å². The number of hydrogen-bond acceptors (Lipinski definition) is 2. The molecule has 4 nitrogen and oxygen atoms in total. The molecule has 2 N–H and O–H groups in total. The highest BCUT2D eigenvalue weighted by Crippen LogP contribution is 2.57. The molecule has 10 rings (SSSR count). The van der Waals surface area contributed by atoms with E-state index in [1.165, 1.54) is 32.7 Å². The number of nitrogens with one attached hydrogen (secondary N) is 2. The summed E-state index contributed by atoms with van der Waals surface area (Å²) in [7, 11) is 0. The van der Waals surface area contributed by atoms with Crippen molar-refractivity contribution in [2.45, 2.75) is 11.8 Å². The summed E-state index contributed by atoms with van der Waals surface area (Å²) in [5, 5.41) is 5.35. The summed E-state index contributed by atoms with van der Waals surface area (Å²) in [4.78, 5) is 17.3. The molecule has 4 aliphatic rings. The highest BCUT2D eigenvalue weighted by Gasteiger charge is 2.42. The van der Waals surface area contributed by atoms with E-state index in [4.69, 9.17) is 9.97 Å². The molecule has 0 saturated heterocycles. The third-order valence-corrected chi connectivity index (χ3v) is 8.22. The zero-order chi connectivity index (χ0) is 24.8. The lowest BCUT2D eigenvalue weighted by Crippen LogP contribution is -2.17. The van der Waals surface area contributed by atoms with Crippen LogP contribution in [0.25, 0.3) is 55.8 Å². The molecular weight excluding hydrogens is 464 g/mol. The number of aromatic nitrogens is 4. The fraction of sp³-hybridized carbons (Fsp3) is 0.0588. The quantitative estimate of drug-likeness (QED) is 0.213. The van der Waals surface area contributed by atoms with Crippen molar-refractivity contribution in [1.29, 1.82) is 0 Å². The Bertz CT molecular complexity index is 1960. The van der Waals surface area contributed by atoms with Crippen LogP contribution >= 0.6 is 0 Å². The molecule has 0 fully saturated rings. The van der Waals surface area contributed by atoms with Crippen molar-refractivity contribution in [2.24, 2.45) is 0 Å². The lowest BCUT2D eigenvalue weighted by Gasteiger charge is -2.33. The van der Waals surface area contributed by atoms with Crippen molar-refractivity contribution < 1.29 is 0 Å². The highest BCUT2D eigenvalue weighted by atomic mass is 14.8. The lowest BCUT2D eigenvalue weighted by molar-refractivity contribution is 0.736. The molecule has 0 spiro atoms. The van der Waals surface area contributed by atoms with E-state index in [9.17, 15) is 0 Å². The van der Waals surface area contributed by atoms with Crippen LogP contribution in [0.5, 0.6) is 0 Å². The van der Waals surface area contributed by atoms with Crippen molar-refractivity contribution in [2.75, 3.05) is 0 Å². The Hall–Kier alpha value is -4.96. The van der Waals surface area contributed by atoms with Crippen LogP contribution in [0.15, 0.2) is 97.1 Å². The summed E-state index contributed by atoms with van der Waals surface area (Å²) in [5.41, 5.74) is 11.0. The number of benzene rings is 3. The zero-order valence-electron chi connectivity index (χ0n) is 20.4. The SMILES string of the molecule is C1=Cc2cc3ccc(cc4nc(cc5ccc(cc1n2)[nH]5)C1c2c5ccccc5c(c5ccccc25)C41)[nH]3. The summed E-state index contributed by atoms with van der Waals surface area (Å²) in [6, 6.07) is 34.9. The minimum absolute atomic E-state index is 0.173. The maximum Gasteiger partial charge on any atom is 0.0658 e. The standard InChI is InChI=1S/C34H22N4/c1-2-6-26-25(5-1)31-27-7-3-4-8-28(27)32(26)34-30-18-24-14-12-22(37-24)16-20-10-9-19(35-20)15-21-11-13-23(36-21)17-29(38-30)33(31)34/h1-18,33-34,36-37H. The van der Waals surface area contributed by atoms with Crippen molar-refractivity contribution in [3.63, 3.8) is 0 Å². The Morgan fingerprint density at radius 3 is 1.26 bits per heavy atom. The predicted molar refractivity (Wildman–Crippen MR) is 155 cm³/mol. The van der Waals surface area contributed by atoms with Crippen molar-refractivity contribution in [3.8, 4) is 0 Å². The van der Waals surface area contributed by atoms with Crippen molar-refractivity contribution in [1.82, 2.24) is 19.9 Å². The number of H-pyrrole nitrogens is 2. The van der Waals surface area contributed by atoms with Crippen LogP contribution in [-0.4, -0.2) is 19.9 Å². The third kappa shape index (κ3) is 2.80. The lowest BCUT2D eigenvalue weighted by atomic mass is 9.68. The van der Waals surface area contributed by atoms with E-state index in [1.54, 1.807) is 0 Å². The molecule has 3 aromatic heterocycles. The predicted octanol–water partition coefficient (Wildman–Crippen LogP) is 8.07. The van der Waals surface area contributed by atoms with E-state index in [-0.39, 0.29) is 11.8 Å². The maximum atomic E-state index is 5.36. The van der Waals surface area contributed by atoms with Crippen molar-refractivity contribution in [3.05, 3.63) is 131 Å². The Morgan fingerprint density at radius 1 is 0.447 bits per heavy atom. The summed E-state index contributed by atoms with van der Waals surface area (Å²) in [6.07, 6.45) is 4.11. The maximum absolute atomic E-state index is 5.36. The van der Waals surface area contributed by atoms with Crippen LogP contribution < -0.4 is 0 Å². The van der Waals surface area contributed by atoms with Gasteiger partial charge in [0, 0.05) is 33.9 Å². The fourth-order valence-electron chi connectivity index (χ4n) is 6.76. The second-order valence-electron chi connectivity index (χ2n) is 10.4. The molecule has 6 aromatic rings. The first-order valence-electron chi connectivity index (χ1n) is 13.1. The number of fused-ring (bicyclic) bond motifs is 8. The second-order valence-corrected chi connectivity index (χ2v) is 10.4. The molecule has 0 saturated carbocycles. The van der Waals surface area contributed by atoms with Gasteiger partial charge in [0.15, 0.2) is 0 Å². The number of aromatic amines is 2. The first-order chi connectivity index (χ1) is 18.8. The largest absolute Gasteiger partial charge is 0.355 e. The van der Waals surface area contributed by atoms with Crippen molar-refractivity contribution >= 4 is 55.8 Å². The molecule has 2 aliphatic heterocycles. The Morgan fingerprint density at radius 2 is 0.842 bits per heavy atom. The Labute approximate surface area is 218 Å². The molecule has 0 amide bonds. The second kappa shape index (κ2) is 7.30. The van der Waals surface area contributed by atoms with Crippen LogP contribution in [-0.2, 0) is 0 Å². The van der Waals surface area contributed by atoms with E-state index in [0.717, 1.165) is 44.8 Å². The van der Waals surface area contributed by atoms with Gasteiger partial charge in [-0.3, -0.25) is 4.98 Å². The van der Waals surface area contributed by atoms with E-state index < -0.39 is 0 Å². The minimum Gasteiger partial charge on any atom is -0.355 e. The van der Waals surface area contributed by atoms with Gasteiger partial charge in [-0.15, -0.1) is 0 Å². The van der Waals surface area contributed by atoms with Crippen LogP contribution in [0.2, 0.25) is 0 Å². The van der Waals surface area contributed by atoms with E-state index in [2.05, 4.69) is 119 Å². The van der Waals surface area contributed by atoms with Gasteiger partial charge in [-0.2, -0.15) is 0 Å². The summed E-state index contributed by atoms with van der Waals surface area (Å²) < 4.78 is 0. The van der Waals surface area contributed by atoms with Gasteiger partial charge in [-0.1, -0.05) is 48.5 Å². The van der Waals surface area contributed by atoms with E-state index >= 15 is 0 Å². The molecule has 0 radical (unpaired) electrons. The summed E-state index contributed by atoms with van der Waals surface area (Å²) >= 11 is 0. The monoisotopic (exact) mass is 486 g/mol. The molecular formula is C34H22N4. The van der Waals surface area contributed by atoms with Gasteiger partial charge in [0.05, 0.1) is 22.8 Å². The smallest absolute Gasteiger partial charge is 0.0658 e. The summed E-state index contributed by atoms with van der Waals surface area (Å²) in [6.45, 7) is 0. The van der Waals surface area contributed by atoms with Crippen LogP contribution in [0.3, 0.4) is 0 Å². The molecule has 4 heteroatoms. The summed E-state index contributed by atoms with van der Waals surface area (Å²) in [5.74, 6) is 0.347. The highest BCUT2D eigenvalue weighted by molar-refractivity contribution is 6.10. The first kappa shape index (κ1) is 20.1. The van der Waals surface area contributed by atoms with Gasteiger partial charge in [0.2, 0.25) is 0 Å². The average Bonchev–Trinajstić information content (AvgIpc) is 3.74. The normalized spacial score (nSPS) is 17.4. The molecule has 2 unspecified atom stereocenters. The van der Waals surface area contributed by atoms with E-state index in [0.29, 0.717) is 0 Å². The van der Waals surface area contributed by atoms with Gasteiger partial charge in [-0.05, 0) is 93.4 Å². The molecule has 5 heterocycles. The fourth-order valence-corrected chi connectivity index (χ4v) is 6.76. The zero-order valence-corrected chi connectivity index (χ0v) is 20.4. The van der Waals surface area contributed by atoms with Gasteiger partial charge in [-0.25, -0.2) is 4.98 Å². The molecule has 10 bridgehead atoms. The molecule has 38 heavy (non-hydrogen) atoms. The third-order valence-electron chi connectivity index (χ3n) is 8.22. The van der Waals surface area contributed by atoms with Gasteiger partial charge < -0.3 is 9.97 Å². The van der Waals surface area contributed by atoms with E-state index in [1.807, 2.05) is 0 Å². The number of nitrogens with zero attached hydrogens (tertiary/aromatic N) is 2. The number of hydrogen-bond donors (Lipinski definition) is 2. The van der Waals surface area contributed by atoms with Gasteiger partial charge >= 0.3 is 0 Å². The van der Waals surface area contributed by atoms with Crippen LogP contribution in [0.4, 0.5) is 0 Å². The molecule has 2 aliphatic carbocycles. The topological polar surface area (TPSA) is 57.4 Å². The van der Waals surface area contributed by atoms with Gasteiger partial charge in [0.1, 0.15) is 0 Å². The first-order valence-corrected chi connectivity index (χ1v) is 13.1. The number of rotatable bonds is 0. The molecule has 178 valence electrons. The Balaban J connectivity index is 1.43. The molecule has 3 aromatic carbocycles. The molecule has 2 atom stereocenters. The Kier molecular flexibility index (Phi) is 3.87. The van der Waals surface area contributed by atoms with Gasteiger partial charge in [0.25, 0.3) is 0 Å². The minimum atomic E-state index is 0.173. The average molecular weight is 487 g/mol. The van der Waals surface area contributed by atoms with Crippen LogP contribution in [0, 0.1) is 0 Å².